The smallest absolute Gasteiger partial charge is 0.303 e. The van der Waals surface area contributed by atoms with Gasteiger partial charge in [0.25, 0.3) is 0 Å². The molecule has 2 bridgehead atoms. The van der Waals surface area contributed by atoms with Crippen LogP contribution >= 0.6 is 0 Å². The fourth-order valence-corrected chi connectivity index (χ4v) is 12.8. The Kier molecular flexibility index (Phi) is 10.5. The van der Waals surface area contributed by atoms with Crippen molar-refractivity contribution in [1.29, 1.82) is 0 Å². The molecule has 1 heterocycles. The van der Waals surface area contributed by atoms with Gasteiger partial charge in [-0.2, -0.15) is 0 Å². The number of fused-ring (bicyclic) bond motifs is 7. The van der Waals surface area contributed by atoms with E-state index in [2.05, 4.69) is 27.7 Å². The number of carbonyl (C=O) groups is 6. The highest BCUT2D eigenvalue weighted by molar-refractivity contribution is 6.01. The molecule has 1 aliphatic heterocycles. The number of aliphatic hydroxyl groups is 2. The summed E-state index contributed by atoms with van der Waals surface area (Å²) in [7, 11) is 0. The first-order valence-corrected chi connectivity index (χ1v) is 20.6. The number of allylic oxidation sites excluding steroid dienone is 4. The van der Waals surface area contributed by atoms with Gasteiger partial charge >= 0.3 is 5.97 Å². The van der Waals surface area contributed by atoms with E-state index >= 15 is 0 Å². The molecular formula is C43H54N4O12. The zero-order valence-electron chi connectivity index (χ0n) is 33.4. The fourth-order valence-electron chi connectivity index (χ4n) is 12.8. The molecule has 8 N–H and O–H groups in total. The third-order valence-corrected chi connectivity index (χ3v) is 15.1. The maximum atomic E-state index is 13.9. The van der Waals surface area contributed by atoms with Gasteiger partial charge in [0, 0.05) is 34.3 Å². The number of amides is 3. The van der Waals surface area contributed by atoms with Crippen LogP contribution in [0, 0.1) is 34.0 Å². The zero-order chi connectivity index (χ0) is 42.1. The van der Waals surface area contributed by atoms with Gasteiger partial charge in [-0.05, 0) is 92.8 Å². The largest absolute Gasteiger partial charge is 0.481 e. The number of nitrogens with one attached hydrogen (secondary N) is 3. The molecule has 10 atom stereocenters. The zero-order valence-corrected chi connectivity index (χ0v) is 33.4. The van der Waals surface area contributed by atoms with Crippen molar-refractivity contribution in [3.05, 3.63) is 59.2 Å². The molecule has 7 fully saturated rings. The van der Waals surface area contributed by atoms with Crippen molar-refractivity contribution in [2.75, 3.05) is 19.8 Å². The third kappa shape index (κ3) is 6.85. The molecule has 1 aromatic carbocycles. The van der Waals surface area contributed by atoms with Crippen LogP contribution in [0.4, 0.5) is 0 Å². The molecule has 318 valence electrons. The minimum atomic E-state index is -1.44. The Morgan fingerprint density at radius 2 is 1.80 bits per heavy atom. The molecule has 9 rings (SSSR count). The van der Waals surface area contributed by atoms with E-state index in [0.717, 1.165) is 55.2 Å². The summed E-state index contributed by atoms with van der Waals surface area (Å²) < 4.78 is 13.4. The summed E-state index contributed by atoms with van der Waals surface area (Å²) in [6.45, 7) is 2.54. The number of hydrogen-bond acceptors (Lipinski definition) is 12. The van der Waals surface area contributed by atoms with Crippen molar-refractivity contribution in [1.82, 2.24) is 16.0 Å². The Hall–Kier alpha value is -4.32. The Morgan fingerprint density at radius 1 is 1.07 bits per heavy atom. The molecule has 0 radical (unpaired) electrons. The van der Waals surface area contributed by atoms with Gasteiger partial charge in [0.1, 0.15) is 19.3 Å². The molecule has 0 aromatic heterocycles. The second-order valence-corrected chi connectivity index (χ2v) is 18.7. The highest BCUT2D eigenvalue weighted by Gasteiger charge is 2.76. The first-order chi connectivity index (χ1) is 28.0. The Bertz CT molecular complexity index is 1980. The summed E-state index contributed by atoms with van der Waals surface area (Å²) in [5.41, 5.74) is -0.285. The van der Waals surface area contributed by atoms with E-state index in [1.54, 1.807) is 12.2 Å². The molecule has 0 spiro atoms. The van der Waals surface area contributed by atoms with E-state index in [4.69, 9.17) is 15.4 Å². The Labute approximate surface area is 341 Å². The van der Waals surface area contributed by atoms with Crippen LogP contribution in [-0.4, -0.2) is 99.7 Å². The fraction of sp³-hybridized carbons (Fsp3) is 0.628. The second kappa shape index (κ2) is 15.0. The van der Waals surface area contributed by atoms with Crippen LogP contribution in [0.15, 0.2) is 48.1 Å². The van der Waals surface area contributed by atoms with Crippen molar-refractivity contribution in [2.24, 2.45) is 39.9 Å². The standard InChI is InChI=1S/C43H54N4O12/c1-39-12-11-26(49)13-25(39)7-8-27-28-14-32-43(31(51)18-48,40(28,2)16-30(50)36(27)39)59-38(58-32)24-5-3-23(4-6-24)15-41-20-42(21-41,22-41)47-37(56)29(9-10-35(54)55)46-33(52)17-45-34(53)19-57-44/h3-6,11-13,27-30,32,36,38,48,50H,7-10,14-22,44H2,1-2H3,(H,45,53)(H,46,52)(H,47,56)(H,54,55)/t27-,28-,29-,30-,32+,36+,38+,39-,40-,41?,42?,43+/m0/s1. The van der Waals surface area contributed by atoms with Crippen LogP contribution in [0.1, 0.15) is 89.1 Å². The molecule has 7 aliphatic carbocycles. The Balaban J connectivity index is 0.893. The van der Waals surface area contributed by atoms with Crippen molar-refractivity contribution < 1.29 is 58.4 Å². The molecule has 0 unspecified atom stereocenters. The minimum absolute atomic E-state index is 0.00337. The van der Waals surface area contributed by atoms with Crippen LogP contribution in [0.5, 0.6) is 0 Å². The number of benzene rings is 1. The second-order valence-electron chi connectivity index (χ2n) is 18.7. The number of ketones is 2. The number of nitrogens with two attached hydrogens (primary N) is 1. The number of aliphatic hydroxyl groups excluding tert-OH is 2. The SMILES string of the molecule is C[C@]12C=CC(=O)C=C1CC[C@@H]1[C@@H]2[C@@H](O)C[C@@]2(C)[C@H]1C[C@H]1O[C@@H](c3ccc(CC45CC(NC(=O)[C@H](CCC(=O)O)NC(=O)CNC(=O)CON)(C4)C5)cc3)O[C@]12C(=O)CO. The summed E-state index contributed by atoms with van der Waals surface area (Å²) >= 11 is 0. The van der Waals surface area contributed by atoms with E-state index < -0.39 is 95.7 Å². The predicted molar refractivity (Wildman–Crippen MR) is 206 cm³/mol. The number of aliphatic carboxylic acids is 1. The molecule has 59 heavy (non-hydrogen) atoms. The topological polar surface area (TPSA) is 253 Å². The molecule has 1 saturated heterocycles. The summed E-state index contributed by atoms with van der Waals surface area (Å²) in [4.78, 5) is 79.0. The number of carbonyl (C=O) groups excluding carboxylic acids is 5. The summed E-state index contributed by atoms with van der Waals surface area (Å²) in [6.07, 6.45) is 7.91. The predicted octanol–water partition coefficient (Wildman–Crippen LogP) is 1.23. The van der Waals surface area contributed by atoms with Gasteiger partial charge < -0.3 is 40.7 Å². The van der Waals surface area contributed by atoms with Crippen molar-refractivity contribution in [2.45, 2.75) is 114 Å². The number of carboxylic acids is 1. The number of carboxylic acid groups (broad SMARTS) is 1. The van der Waals surface area contributed by atoms with Gasteiger partial charge in [-0.25, -0.2) is 5.90 Å². The minimum Gasteiger partial charge on any atom is -0.481 e. The molecule has 16 nitrogen and oxygen atoms in total. The van der Waals surface area contributed by atoms with E-state index in [1.807, 2.05) is 37.3 Å². The van der Waals surface area contributed by atoms with Crippen LogP contribution < -0.4 is 21.8 Å². The molecule has 1 aromatic rings. The molecule has 8 aliphatic rings. The Morgan fingerprint density at radius 3 is 2.47 bits per heavy atom. The van der Waals surface area contributed by atoms with Crippen molar-refractivity contribution in [3.8, 4) is 0 Å². The summed E-state index contributed by atoms with van der Waals surface area (Å²) in [5, 5.41) is 39.3. The highest BCUT2D eigenvalue weighted by atomic mass is 16.7. The molecular weight excluding hydrogens is 764 g/mol. The van der Waals surface area contributed by atoms with Gasteiger partial charge in [0.05, 0.1) is 18.8 Å². The van der Waals surface area contributed by atoms with Crippen LogP contribution in [-0.2, 0) is 49.5 Å². The number of Topliss-reactive ketones (excluding diaryl/α,β-unsaturated/α-hetero) is 1. The van der Waals surface area contributed by atoms with Crippen LogP contribution in [0.2, 0.25) is 0 Å². The van der Waals surface area contributed by atoms with Crippen molar-refractivity contribution in [3.63, 3.8) is 0 Å². The van der Waals surface area contributed by atoms with E-state index in [1.165, 1.54) is 0 Å². The lowest BCUT2D eigenvalue weighted by Crippen LogP contribution is -2.76. The first kappa shape index (κ1) is 41.4. The molecule has 6 saturated carbocycles. The number of hydrogen-bond donors (Lipinski definition) is 7. The van der Waals surface area contributed by atoms with E-state index in [-0.39, 0.29) is 41.8 Å². The van der Waals surface area contributed by atoms with Gasteiger partial charge in [-0.1, -0.05) is 49.8 Å². The van der Waals surface area contributed by atoms with Gasteiger partial charge in [-0.3, -0.25) is 33.6 Å². The maximum Gasteiger partial charge on any atom is 0.303 e. The van der Waals surface area contributed by atoms with Gasteiger partial charge in [0.15, 0.2) is 23.5 Å². The lowest BCUT2D eigenvalue weighted by atomic mass is 9.38. The lowest BCUT2D eigenvalue weighted by Gasteiger charge is -2.71. The van der Waals surface area contributed by atoms with Crippen molar-refractivity contribution >= 4 is 35.3 Å². The highest BCUT2D eigenvalue weighted by Crippen LogP contribution is 2.71. The third-order valence-electron chi connectivity index (χ3n) is 15.1. The average molecular weight is 819 g/mol. The maximum absolute atomic E-state index is 13.9. The molecule has 3 amide bonds. The quantitative estimate of drug-likeness (QED) is 0.123. The van der Waals surface area contributed by atoms with E-state index in [9.17, 15) is 44.1 Å². The van der Waals surface area contributed by atoms with Gasteiger partial charge in [0.2, 0.25) is 17.7 Å². The van der Waals surface area contributed by atoms with Crippen LogP contribution in [0.25, 0.3) is 0 Å². The lowest BCUT2D eigenvalue weighted by molar-refractivity contribution is -0.201. The normalized spacial score (nSPS) is 38.9. The van der Waals surface area contributed by atoms with Gasteiger partial charge in [-0.15, -0.1) is 0 Å². The first-order valence-electron chi connectivity index (χ1n) is 20.6. The van der Waals surface area contributed by atoms with E-state index in [0.29, 0.717) is 12.8 Å². The molecule has 16 heteroatoms. The number of ether oxygens (including phenoxy) is 2. The average Bonchev–Trinajstić information content (AvgIpc) is 3.67. The summed E-state index contributed by atoms with van der Waals surface area (Å²) in [6, 6.07) is 6.78. The summed E-state index contributed by atoms with van der Waals surface area (Å²) in [5.74, 6) is 1.47. The number of rotatable bonds is 15. The van der Waals surface area contributed by atoms with Crippen LogP contribution in [0.3, 0.4) is 0 Å². The monoisotopic (exact) mass is 818 g/mol.